The highest BCUT2D eigenvalue weighted by molar-refractivity contribution is 6.19. The number of alkyl halides is 1. The molecule has 96 valence electrons. The highest BCUT2D eigenvalue weighted by Gasteiger charge is 2.03. The maximum Gasteiger partial charge on any atom is 0.143 e. The van der Waals surface area contributed by atoms with Gasteiger partial charge in [-0.15, -0.1) is 0 Å². The number of hydrogen-bond acceptors (Lipinski definition) is 5. The molecule has 0 aromatic rings. The Labute approximate surface area is 103 Å². The van der Waals surface area contributed by atoms with Gasteiger partial charge in [0.05, 0.1) is 6.61 Å². The maximum atomic E-state index is 5.97. The third kappa shape index (κ3) is 8.27. The molecule has 1 rings (SSSR count). The minimum absolute atomic E-state index is 0.231. The van der Waals surface area contributed by atoms with E-state index in [4.69, 9.17) is 16.3 Å². The summed E-state index contributed by atoms with van der Waals surface area (Å²) in [7, 11) is 0. The molecule has 1 aliphatic rings. The summed E-state index contributed by atoms with van der Waals surface area (Å²) in [6.07, 6.45) is 0. The van der Waals surface area contributed by atoms with Crippen molar-refractivity contribution in [1.29, 1.82) is 0 Å². The van der Waals surface area contributed by atoms with Crippen LogP contribution in [0.5, 0.6) is 0 Å². The molecule has 1 aliphatic heterocycles. The SMILES string of the molecule is ClC1CNCCNCCNCCNCCO1. The normalized spacial score (nSPS) is 27.9. The Morgan fingerprint density at radius 1 is 0.750 bits per heavy atom. The second-order valence-corrected chi connectivity index (χ2v) is 4.22. The van der Waals surface area contributed by atoms with Crippen LogP contribution in [-0.2, 0) is 4.74 Å². The lowest BCUT2D eigenvalue weighted by Crippen LogP contribution is -2.35. The Bertz CT molecular complexity index is 146. The Hall–Kier alpha value is 0.0900. The Morgan fingerprint density at radius 2 is 1.25 bits per heavy atom. The van der Waals surface area contributed by atoms with Gasteiger partial charge < -0.3 is 26.0 Å². The van der Waals surface area contributed by atoms with E-state index in [1.165, 1.54) is 0 Å². The molecule has 0 amide bonds. The van der Waals surface area contributed by atoms with Crippen molar-refractivity contribution in [3.8, 4) is 0 Å². The molecule has 0 saturated carbocycles. The van der Waals surface area contributed by atoms with Gasteiger partial charge in [-0.05, 0) is 0 Å². The van der Waals surface area contributed by atoms with Crippen LogP contribution in [0.1, 0.15) is 0 Å². The fraction of sp³-hybridized carbons (Fsp3) is 1.00. The molecule has 5 nitrogen and oxygen atoms in total. The van der Waals surface area contributed by atoms with Crippen LogP contribution < -0.4 is 21.3 Å². The molecule has 1 fully saturated rings. The molecule has 0 aromatic heterocycles. The van der Waals surface area contributed by atoms with E-state index in [2.05, 4.69) is 21.3 Å². The summed E-state index contributed by atoms with van der Waals surface area (Å²) in [6, 6.07) is 0. The Balaban J connectivity index is 2.10. The highest BCUT2D eigenvalue weighted by Crippen LogP contribution is 1.95. The molecule has 0 aliphatic carbocycles. The van der Waals surface area contributed by atoms with E-state index in [-0.39, 0.29) is 5.56 Å². The number of nitrogens with one attached hydrogen (secondary N) is 4. The topological polar surface area (TPSA) is 57.3 Å². The van der Waals surface area contributed by atoms with Crippen LogP contribution in [0.2, 0.25) is 0 Å². The number of hydrogen-bond donors (Lipinski definition) is 4. The van der Waals surface area contributed by atoms with Gasteiger partial charge in [-0.25, -0.2) is 0 Å². The molecule has 4 N–H and O–H groups in total. The third-order valence-electron chi connectivity index (χ3n) is 2.32. The van der Waals surface area contributed by atoms with Crippen molar-refractivity contribution >= 4 is 11.6 Å². The average molecular weight is 251 g/mol. The summed E-state index contributed by atoms with van der Waals surface area (Å²) < 4.78 is 5.42. The number of halogens is 1. The molecule has 1 heterocycles. The predicted molar refractivity (Wildman–Crippen MR) is 67.1 cm³/mol. The summed E-state index contributed by atoms with van der Waals surface area (Å²) in [5.74, 6) is 0. The summed E-state index contributed by atoms with van der Waals surface area (Å²) in [5, 5.41) is 13.2. The zero-order valence-electron chi connectivity index (χ0n) is 9.73. The third-order valence-corrected chi connectivity index (χ3v) is 2.60. The van der Waals surface area contributed by atoms with Gasteiger partial charge in [0.25, 0.3) is 0 Å². The number of ether oxygens (including phenoxy) is 1. The van der Waals surface area contributed by atoms with Gasteiger partial charge in [0, 0.05) is 52.4 Å². The van der Waals surface area contributed by atoms with E-state index in [9.17, 15) is 0 Å². The molecule has 0 bridgehead atoms. The molecule has 0 radical (unpaired) electrons. The molecule has 0 aromatic carbocycles. The second kappa shape index (κ2) is 10.3. The van der Waals surface area contributed by atoms with Crippen LogP contribution in [0.15, 0.2) is 0 Å². The van der Waals surface area contributed by atoms with Crippen molar-refractivity contribution in [2.75, 3.05) is 59.0 Å². The lowest BCUT2D eigenvalue weighted by Gasteiger charge is -2.12. The van der Waals surface area contributed by atoms with E-state index in [0.717, 1.165) is 45.8 Å². The minimum atomic E-state index is -0.231. The van der Waals surface area contributed by atoms with E-state index in [1.54, 1.807) is 0 Å². The standard InChI is InChI=1S/C10H23ClN4O/c11-10-9-15-6-5-13-2-1-12-3-4-14-7-8-16-10/h10,12-15H,1-9H2. The van der Waals surface area contributed by atoms with Crippen molar-refractivity contribution in [3.63, 3.8) is 0 Å². The molecule has 6 heteroatoms. The Morgan fingerprint density at radius 3 is 1.88 bits per heavy atom. The Kier molecular flexibility index (Phi) is 9.07. The van der Waals surface area contributed by atoms with Crippen LogP contribution in [0.25, 0.3) is 0 Å². The molecule has 1 atom stereocenters. The number of rotatable bonds is 0. The van der Waals surface area contributed by atoms with Crippen molar-refractivity contribution < 1.29 is 4.74 Å². The fourth-order valence-corrected chi connectivity index (χ4v) is 1.64. The van der Waals surface area contributed by atoms with Crippen LogP contribution >= 0.6 is 11.6 Å². The monoisotopic (exact) mass is 250 g/mol. The first-order valence-corrected chi connectivity index (χ1v) is 6.42. The first-order valence-electron chi connectivity index (χ1n) is 5.98. The predicted octanol–water partition coefficient (Wildman–Crippen LogP) is -1.06. The van der Waals surface area contributed by atoms with Crippen LogP contribution in [0.3, 0.4) is 0 Å². The van der Waals surface area contributed by atoms with Crippen LogP contribution in [0, 0.1) is 0 Å². The van der Waals surface area contributed by atoms with Gasteiger partial charge in [-0.1, -0.05) is 11.6 Å². The van der Waals surface area contributed by atoms with Crippen molar-refractivity contribution in [2.24, 2.45) is 0 Å². The molecule has 0 spiro atoms. The summed E-state index contributed by atoms with van der Waals surface area (Å²) >= 11 is 5.97. The minimum Gasteiger partial charge on any atom is -0.360 e. The van der Waals surface area contributed by atoms with E-state index in [0.29, 0.717) is 13.2 Å². The van der Waals surface area contributed by atoms with E-state index in [1.807, 2.05) is 0 Å². The van der Waals surface area contributed by atoms with Gasteiger partial charge >= 0.3 is 0 Å². The highest BCUT2D eigenvalue weighted by atomic mass is 35.5. The van der Waals surface area contributed by atoms with Crippen molar-refractivity contribution in [3.05, 3.63) is 0 Å². The largest absolute Gasteiger partial charge is 0.360 e. The first kappa shape index (κ1) is 14.2. The van der Waals surface area contributed by atoms with Gasteiger partial charge in [0.1, 0.15) is 5.56 Å². The van der Waals surface area contributed by atoms with Crippen molar-refractivity contribution in [2.45, 2.75) is 5.56 Å². The molecular weight excluding hydrogens is 228 g/mol. The first-order chi connectivity index (χ1) is 7.89. The van der Waals surface area contributed by atoms with Gasteiger partial charge in [-0.2, -0.15) is 0 Å². The average Bonchev–Trinajstić information content (AvgIpc) is 2.29. The quantitative estimate of drug-likeness (QED) is 0.413. The fourth-order valence-electron chi connectivity index (χ4n) is 1.44. The lowest BCUT2D eigenvalue weighted by atomic mass is 10.5. The van der Waals surface area contributed by atoms with Crippen LogP contribution in [-0.4, -0.2) is 64.5 Å². The molecule has 16 heavy (non-hydrogen) atoms. The zero-order chi connectivity index (χ0) is 11.5. The summed E-state index contributed by atoms with van der Waals surface area (Å²) in [4.78, 5) is 0. The zero-order valence-corrected chi connectivity index (χ0v) is 10.5. The lowest BCUT2D eigenvalue weighted by molar-refractivity contribution is 0.109. The van der Waals surface area contributed by atoms with E-state index < -0.39 is 0 Å². The smallest absolute Gasteiger partial charge is 0.143 e. The summed E-state index contributed by atoms with van der Waals surface area (Å²) in [6.45, 7) is 8.06. The summed E-state index contributed by atoms with van der Waals surface area (Å²) in [5.41, 5.74) is -0.231. The van der Waals surface area contributed by atoms with Gasteiger partial charge in [-0.3, -0.25) is 0 Å². The molecular formula is C10H23ClN4O. The molecule has 1 saturated heterocycles. The van der Waals surface area contributed by atoms with Gasteiger partial charge in [0.2, 0.25) is 0 Å². The van der Waals surface area contributed by atoms with Gasteiger partial charge in [0.15, 0.2) is 0 Å². The van der Waals surface area contributed by atoms with E-state index >= 15 is 0 Å². The maximum absolute atomic E-state index is 5.97. The molecule has 1 unspecified atom stereocenters. The second-order valence-electron chi connectivity index (χ2n) is 3.73. The van der Waals surface area contributed by atoms with Crippen molar-refractivity contribution in [1.82, 2.24) is 21.3 Å². The van der Waals surface area contributed by atoms with Crippen LogP contribution in [0.4, 0.5) is 0 Å².